The van der Waals surface area contributed by atoms with Gasteiger partial charge in [0.05, 0.1) is 12.5 Å². The summed E-state index contributed by atoms with van der Waals surface area (Å²) in [6, 6.07) is 0. The molecule has 0 unspecified atom stereocenters. The quantitative estimate of drug-likeness (QED) is 0.803. The van der Waals surface area contributed by atoms with Gasteiger partial charge in [0, 0.05) is 32.1 Å². The van der Waals surface area contributed by atoms with Crippen LogP contribution in [0, 0.1) is 5.92 Å². The average molecular weight is 283 g/mol. The number of hydrogen-bond donors (Lipinski definition) is 1. The first-order valence-corrected chi connectivity index (χ1v) is 6.97. The smallest absolute Gasteiger partial charge is 0.240 e. The van der Waals surface area contributed by atoms with E-state index in [9.17, 15) is 14.4 Å². The minimum absolute atomic E-state index is 0.0124. The zero-order chi connectivity index (χ0) is 15.5. The maximum Gasteiger partial charge on any atom is 0.240 e. The molecular formula is C14H25N3O3. The molecule has 0 radical (unpaired) electrons. The van der Waals surface area contributed by atoms with Crippen molar-refractivity contribution in [2.45, 2.75) is 39.7 Å². The van der Waals surface area contributed by atoms with E-state index in [2.05, 4.69) is 5.32 Å². The van der Waals surface area contributed by atoms with Crippen LogP contribution in [0.25, 0.3) is 0 Å². The molecule has 1 atom stereocenters. The van der Waals surface area contributed by atoms with Crippen LogP contribution in [0.1, 0.15) is 34.1 Å². The van der Waals surface area contributed by atoms with Crippen molar-refractivity contribution in [3.8, 4) is 0 Å². The van der Waals surface area contributed by atoms with Crippen molar-refractivity contribution in [2.24, 2.45) is 5.92 Å². The minimum atomic E-state index is -0.324. The Hall–Kier alpha value is -1.59. The summed E-state index contributed by atoms with van der Waals surface area (Å²) in [4.78, 5) is 38.7. The van der Waals surface area contributed by atoms with Crippen molar-refractivity contribution >= 4 is 17.7 Å². The van der Waals surface area contributed by atoms with Crippen LogP contribution in [0.5, 0.6) is 0 Å². The summed E-state index contributed by atoms with van der Waals surface area (Å²) in [5.41, 5.74) is -0.316. The van der Waals surface area contributed by atoms with Crippen molar-refractivity contribution in [1.82, 2.24) is 15.1 Å². The van der Waals surface area contributed by atoms with E-state index in [0.717, 1.165) is 0 Å². The second-order valence-corrected chi connectivity index (χ2v) is 6.33. The van der Waals surface area contributed by atoms with E-state index >= 15 is 0 Å². The van der Waals surface area contributed by atoms with Gasteiger partial charge >= 0.3 is 0 Å². The lowest BCUT2D eigenvalue weighted by atomic mass is 10.1. The number of hydrogen-bond acceptors (Lipinski definition) is 3. The first-order chi connectivity index (χ1) is 9.14. The van der Waals surface area contributed by atoms with Crippen molar-refractivity contribution in [1.29, 1.82) is 0 Å². The van der Waals surface area contributed by atoms with Crippen molar-refractivity contribution in [2.75, 3.05) is 26.7 Å². The normalized spacial score (nSPS) is 19.1. The van der Waals surface area contributed by atoms with Crippen LogP contribution in [0.2, 0.25) is 0 Å². The molecule has 0 aromatic carbocycles. The standard InChI is InChI=1S/C14H25N3O3/c1-6-17-8-10(7-12(17)19)13(20)16(5)9-11(18)15-14(2,3)4/h10H,6-9H2,1-5H3,(H,15,18)/t10-/m0/s1. The lowest BCUT2D eigenvalue weighted by Gasteiger charge is -2.24. The number of nitrogens with one attached hydrogen (secondary N) is 1. The number of likely N-dealkylation sites (N-methyl/N-ethyl adjacent to an activating group) is 1. The second kappa shape index (κ2) is 6.24. The summed E-state index contributed by atoms with van der Waals surface area (Å²) in [5, 5.41) is 2.81. The Morgan fingerprint density at radius 1 is 1.40 bits per heavy atom. The molecule has 6 heteroatoms. The molecule has 1 N–H and O–H groups in total. The Morgan fingerprint density at radius 2 is 2.00 bits per heavy atom. The fraction of sp³-hybridized carbons (Fsp3) is 0.786. The second-order valence-electron chi connectivity index (χ2n) is 6.33. The van der Waals surface area contributed by atoms with Crippen LogP contribution in [-0.4, -0.2) is 59.7 Å². The molecule has 0 spiro atoms. The summed E-state index contributed by atoms with van der Waals surface area (Å²) >= 11 is 0. The third-order valence-electron chi connectivity index (χ3n) is 3.22. The Labute approximate surface area is 120 Å². The first kappa shape index (κ1) is 16.5. The predicted molar refractivity (Wildman–Crippen MR) is 75.9 cm³/mol. The fourth-order valence-electron chi connectivity index (χ4n) is 2.31. The summed E-state index contributed by atoms with van der Waals surface area (Å²) in [7, 11) is 1.60. The molecule has 1 rings (SSSR count). The Morgan fingerprint density at radius 3 is 2.45 bits per heavy atom. The largest absolute Gasteiger partial charge is 0.350 e. The maximum atomic E-state index is 12.2. The van der Waals surface area contributed by atoms with Gasteiger partial charge in [-0.3, -0.25) is 14.4 Å². The highest BCUT2D eigenvalue weighted by Gasteiger charge is 2.35. The van der Waals surface area contributed by atoms with Crippen LogP contribution in [0.15, 0.2) is 0 Å². The molecule has 0 bridgehead atoms. The van der Waals surface area contributed by atoms with E-state index in [1.165, 1.54) is 4.90 Å². The predicted octanol–water partition coefficient (Wildman–Crippen LogP) is 0.228. The number of amides is 3. The Balaban J connectivity index is 2.52. The third-order valence-corrected chi connectivity index (χ3v) is 3.22. The highest BCUT2D eigenvalue weighted by atomic mass is 16.2. The van der Waals surface area contributed by atoms with Crippen molar-refractivity contribution < 1.29 is 14.4 Å². The van der Waals surface area contributed by atoms with E-state index in [1.807, 2.05) is 27.7 Å². The van der Waals surface area contributed by atoms with Gasteiger partial charge in [0.15, 0.2) is 0 Å². The lowest BCUT2D eigenvalue weighted by molar-refractivity contribution is -0.138. The van der Waals surface area contributed by atoms with Gasteiger partial charge in [-0.15, -0.1) is 0 Å². The molecule has 20 heavy (non-hydrogen) atoms. The molecule has 1 aliphatic rings. The highest BCUT2D eigenvalue weighted by molar-refractivity contribution is 5.91. The van der Waals surface area contributed by atoms with Crippen molar-refractivity contribution in [3.63, 3.8) is 0 Å². The number of carbonyl (C=O) groups excluding carboxylic acids is 3. The van der Waals surface area contributed by atoms with Gasteiger partial charge < -0.3 is 15.1 Å². The molecular weight excluding hydrogens is 258 g/mol. The van der Waals surface area contributed by atoms with Crippen LogP contribution in [-0.2, 0) is 14.4 Å². The molecule has 0 saturated carbocycles. The van der Waals surface area contributed by atoms with Gasteiger partial charge in [0.25, 0.3) is 0 Å². The van der Waals surface area contributed by atoms with E-state index in [1.54, 1.807) is 11.9 Å². The van der Waals surface area contributed by atoms with Gasteiger partial charge in [-0.1, -0.05) is 0 Å². The van der Waals surface area contributed by atoms with Crippen LogP contribution in [0.4, 0.5) is 0 Å². The molecule has 6 nitrogen and oxygen atoms in total. The molecule has 1 fully saturated rings. The summed E-state index contributed by atoms with van der Waals surface area (Å²) < 4.78 is 0. The zero-order valence-electron chi connectivity index (χ0n) is 13.0. The van der Waals surface area contributed by atoms with Gasteiger partial charge in [0.2, 0.25) is 17.7 Å². The summed E-state index contributed by atoms with van der Waals surface area (Å²) in [6.45, 7) is 8.67. The van der Waals surface area contributed by atoms with Gasteiger partial charge in [-0.05, 0) is 27.7 Å². The van der Waals surface area contributed by atoms with Gasteiger partial charge in [0.1, 0.15) is 0 Å². The monoisotopic (exact) mass is 283 g/mol. The van der Waals surface area contributed by atoms with E-state index in [-0.39, 0.29) is 42.1 Å². The molecule has 3 amide bonds. The minimum Gasteiger partial charge on any atom is -0.350 e. The molecule has 1 saturated heterocycles. The first-order valence-electron chi connectivity index (χ1n) is 6.97. The summed E-state index contributed by atoms with van der Waals surface area (Å²) in [5.74, 6) is -0.642. The zero-order valence-corrected chi connectivity index (χ0v) is 13.0. The Bertz CT molecular complexity index is 401. The van der Waals surface area contributed by atoms with Crippen LogP contribution in [0.3, 0.4) is 0 Å². The Kier molecular flexibility index (Phi) is 5.14. The summed E-state index contributed by atoms with van der Waals surface area (Å²) in [6.07, 6.45) is 0.248. The lowest BCUT2D eigenvalue weighted by Crippen LogP contribution is -2.47. The molecule has 0 aromatic heterocycles. The molecule has 1 aliphatic heterocycles. The van der Waals surface area contributed by atoms with Crippen LogP contribution >= 0.6 is 0 Å². The SMILES string of the molecule is CCN1C[C@@H](C(=O)N(C)CC(=O)NC(C)(C)C)CC1=O. The fourth-order valence-corrected chi connectivity index (χ4v) is 2.31. The topological polar surface area (TPSA) is 69.7 Å². The number of carbonyl (C=O) groups is 3. The van der Waals surface area contributed by atoms with Gasteiger partial charge in [-0.2, -0.15) is 0 Å². The number of nitrogens with zero attached hydrogens (tertiary/aromatic N) is 2. The third kappa shape index (κ3) is 4.51. The van der Waals surface area contributed by atoms with E-state index in [0.29, 0.717) is 13.1 Å². The number of rotatable bonds is 4. The van der Waals surface area contributed by atoms with Gasteiger partial charge in [-0.25, -0.2) is 0 Å². The molecule has 0 aliphatic carbocycles. The molecule has 0 aromatic rings. The average Bonchev–Trinajstić information content (AvgIpc) is 2.66. The maximum absolute atomic E-state index is 12.2. The molecule has 114 valence electrons. The van der Waals surface area contributed by atoms with Crippen LogP contribution < -0.4 is 5.32 Å². The van der Waals surface area contributed by atoms with E-state index in [4.69, 9.17) is 0 Å². The number of likely N-dealkylation sites (tertiary alicyclic amines) is 1. The van der Waals surface area contributed by atoms with Crippen molar-refractivity contribution in [3.05, 3.63) is 0 Å². The highest BCUT2D eigenvalue weighted by Crippen LogP contribution is 2.19. The molecule has 1 heterocycles. The van der Waals surface area contributed by atoms with E-state index < -0.39 is 0 Å².